The quantitative estimate of drug-likeness (QED) is 0.541. The summed E-state index contributed by atoms with van der Waals surface area (Å²) in [5.74, 6) is -0.833. The molecule has 0 radical (unpaired) electrons. The largest absolute Gasteiger partial charge is 0.481 e. The molecule has 18 heavy (non-hydrogen) atoms. The number of carboxylic acids is 1. The van der Waals surface area contributed by atoms with E-state index in [0.29, 0.717) is 33.0 Å². The van der Waals surface area contributed by atoms with E-state index < -0.39 is 5.97 Å². The lowest BCUT2D eigenvalue weighted by Gasteiger charge is -2.05. The highest BCUT2D eigenvalue weighted by Gasteiger charge is 1.90. The Bertz CT molecular complexity index is 147. The lowest BCUT2D eigenvalue weighted by molar-refractivity contribution is -0.134. The van der Waals surface area contributed by atoms with Gasteiger partial charge in [-0.3, -0.25) is 4.79 Å². The monoisotopic (exact) mass is 266 g/mol. The first kappa shape index (κ1) is 19.6. The number of rotatable bonds is 11. The first-order chi connectivity index (χ1) is 8.65. The van der Waals surface area contributed by atoms with Crippen LogP contribution in [0, 0.1) is 0 Å². The topological polar surface area (TPSA) is 85.2 Å². The van der Waals surface area contributed by atoms with E-state index in [2.05, 4.69) is 6.92 Å². The summed E-state index contributed by atoms with van der Waals surface area (Å²) in [6.45, 7) is 6.87. The Hall–Kier alpha value is -0.690. The Morgan fingerprint density at radius 1 is 0.944 bits per heavy atom. The van der Waals surface area contributed by atoms with Crippen LogP contribution in [0.3, 0.4) is 0 Å². The second-order valence-electron chi connectivity index (χ2n) is 3.43. The van der Waals surface area contributed by atoms with Crippen LogP contribution in [-0.2, 0) is 19.0 Å². The molecule has 0 aliphatic rings. The zero-order chi connectivity index (χ0) is 14.1. The Kier molecular flexibility index (Phi) is 20.4. The van der Waals surface area contributed by atoms with Gasteiger partial charge in [0.25, 0.3) is 5.97 Å². The molecule has 6 heteroatoms. The zero-order valence-electron chi connectivity index (χ0n) is 11.4. The van der Waals surface area contributed by atoms with Gasteiger partial charge in [-0.05, 0) is 6.42 Å². The standard InChI is InChI=1S/C10H22O4.C2H4O2/c1-2-3-5-12-7-9-14-10-8-13-6-4-11;1-2(3)4/h11H,2-10H2,1H3;1H3,(H,3,4). The Labute approximate surface area is 109 Å². The molecule has 0 atom stereocenters. The van der Waals surface area contributed by atoms with Crippen LogP contribution >= 0.6 is 0 Å². The van der Waals surface area contributed by atoms with Crippen molar-refractivity contribution in [3.05, 3.63) is 0 Å². The summed E-state index contributed by atoms with van der Waals surface area (Å²) in [5, 5.41) is 15.8. The van der Waals surface area contributed by atoms with Gasteiger partial charge in [-0.25, -0.2) is 0 Å². The molecule has 0 amide bonds. The number of hydrogen-bond acceptors (Lipinski definition) is 5. The van der Waals surface area contributed by atoms with Crippen LogP contribution in [0.5, 0.6) is 0 Å². The molecule has 0 aliphatic heterocycles. The zero-order valence-corrected chi connectivity index (χ0v) is 11.4. The molecule has 2 N–H and O–H groups in total. The van der Waals surface area contributed by atoms with Crippen molar-refractivity contribution >= 4 is 5.97 Å². The van der Waals surface area contributed by atoms with Crippen LogP contribution in [0.2, 0.25) is 0 Å². The molecule has 0 aromatic carbocycles. The number of carboxylic acid groups (broad SMARTS) is 1. The maximum Gasteiger partial charge on any atom is 0.300 e. The summed E-state index contributed by atoms with van der Waals surface area (Å²) in [6, 6.07) is 0. The van der Waals surface area contributed by atoms with E-state index in [9.17, 15) is 0 Å². The van der Waals surface area contributed by atoms with Crippen LogP contribution in [-0.4, -0.2) is 62.4 Å². The van der Waals surface area contributed by atoms with Crippen LogP contribution in [0.25, 0.3) is 0 Å². The first-order valence-corrected chi connectivity index (χ1v) is 6.18. The molecule has 0 aromatic heterocycles. The molecule has 0 aromatic rings. The number of hydrogen-bond donors (Lipinski definition) is 2. The molecular weight excluding hydrogens is 240 g/mol. The fourth-order valence-corrected chi connectivity index (χ4v) is 0.853. The molecule has 0 unspecified atom stereocenters. The molecule has 0 spiro atoms. The van der Waals surface area contributed by atoms with Gasteiger partial charge >= 0.3 is 0 Å². The fourth-order valence-electron chi connectivity index (χ4n) is 0.853. The van der Waals surface area contributed by atoms with Crippen molar-refractivity contribution in [2.24, 2.45) is 0 Å². The second kappa shape index (κ2) is 18.7. The van der Waals surface area contributed by atoms with Gasteiger partial charge in [-0.1, -0.05) is 13.3 Å². The van der Waals surface area contributed by atoms with Gasteiger partial charge in [0.1, 0.15) is 0 Å². The molecule has 0 heterocycles. The van der Waals surface area contributed by atoms with E-state index in [1.807, 2.05) is 0 Å². The minimum absolute atomic E-state index is 0.0696. The number of aliphatic carboxylic acids is 1. The minimum atomic E-state index is -0.833. The van der Waals surface area contributed by atoms with E-state index in [0.717, 1.165) is 26.4 Å². The Morgan fingerprint density at radius 2 is 1.33 bits per heavy atom. The third-order valence-electron chi connectivity index (χ3n) is 1.62. The number of ether oxygens (including phenoxy) is 3. The molecule has 110 valence electrons. The summed E-state index contributed by atoms with van der Waals surface area (Å²) in [4.78, 5) is 9.00. The van der Waals surface area contributed by atoms with E-state index in [1.165, 1.54) is 0 Å². The van der Waals surface area contributed by atoms with Crippen LogP contribution in [0.15, 0.2) is 0 Å². The Balaban J connectivity index is 0. The van der Waals surface area contributed by atoms with Gasteiger partial charge in [0.15, 0.2) is 0 Å². The average molecular weight is 266 g/mol. The third kappa shape index (κ3) is 29.5. The molecule has 0 rings (SSSR count). The molecule has 6 nitrogen and oxygen atoms in total. The van der Waals surface area contributed by atoms with Crippen molar-refractivity contribution in [1.29, 1.82) is 0 Å². The van der Waals surface area contributed by atoms with Gasteiger partial charge < -0.3 is 24.4 Å². The predicted octanol–water partition coefficient (Wildman–Crippen LogP) is 0.919. The summed E-state index contributed by atoms with van der Waals surface area (Å²) in [6.07, 6.45) is 2.27. The summed E-state index contributed by atoms with van der Waals surface area (Å²) in [7, 11) is 0. The lowest BCUT2D eigenvalue weighted by atomic mass is 10.4. The summed E-state index contributed by atoms with van der Waals surface area (Å²) in [5.41, 5.74) is 0. The molecule has 0 aliphatic carbocycles. The van der Waals surface area contributed by atoms with Crippen molar-refractivity contribution < 1.29 is 29.2 Å². The van der Waals surface area contributed by atoms with Gasteiger partial charge in [0.2, 0.25) is 0 Å². The van der Waals surface area contributed by atoms with E-state index in [-0.39, 0.29) is 6.61 Å². The summed E-state index contributed by atoms with van der Waals surface area (Å²) < 4.78 is 15.5. The van der Waals surface area contributed by atoms with Gasteiger partial charge in [0, 0.05) is 13.5 Å². The van der Waals surface area contributed by atoms with Crippen molar-refractivity contribution in [2.45, 2.75) is 26.7 Å². The number of aliphatic hydroxyl groups excluding tert-OH is 1. The smallest absolute Gasteiger partial charge is 0.300 e. The summed E-state index contributed by atoms with van der Waals surface area (Å²) >= 11 is 0. The molecule has 0 fully saturated rings. The highest BCUT2D eigenvalue weighted by molar-refractivity contribution is 5.62. The fraction of sp³-hybridized carbons (Fsp3) is 0.917. The highest BCUT2D eigenvalue weighted by atomic mass is 16.5. The number of carbonyl (C=O) groups is 1. The van der Waals surface area contributed by atoms with Crippen molar-refractivity contribution in [3.8, 4) is 0 Å². The highest BCUT2D eigenvalue weighted by Crippen LogP contribution is 1.87. The lowest BCUT2D eigenvalue weighted by Crippen LogP contribution is -2.11. The van der Waals surface area contributed by atoms with Crippen LogP contribution < -0.4 is 0 Å². The van der Waals surface area contributed by atoms with E-state index in [4.69, 9.17) is 29.2 Å². The number of unbranched alkanes of at least 4 members (excludes halogenated alkanes) is 1. The molecule has 0 saturated carbocycles. The average Bonchev–Trinajstić information content (AvgIpc) is 2.31. The van der Waals surface area contributed by atoms with E-state index >= 15 is 0 Å². The van der Waals surface area contributed by atoms with E-state index in [1.54, 1.807) is 0 Å². The van der Waals surface area contributed by atoms with Crippen molar-refractivity contribution in [1.82, 2.24) is 0 Å². The molecule has 0 saturated heterocycles. The maximum atomic E-state index is 9.00. The second-order valence-corrected chi connectivity index (χ2v) is 3.43. The SMILES string of the molecule is CC(=O)O.CCCCOCCOCCOCCO. The van der Waals surface area contributed by atoms with Crippen molar-refractivity contribution in [2.75, 3.05) is 46.2 Å². The normalized spacial score (nSPS) is 9.72. The molecule has 0 bridgehead atoms. The van der Waals surface area contributed by atoms with Gasteiger partial charge in [0.05, 0.1) is 39.6 Å². The third-order valence-corrected chi connectivity index (χ3v) is 1.62. The van der Waals surface area contributed by atoms with Crippen molar-refractivity contribution in [3.63, 3.8) is 0 Å². The predicted molar refractivity (Wildman–Crippen MR) is 67.8 cm³/mol. The van der Waals surface area contributed by atoms with Gasteiger partial charge in [-0.15, -0.1) is 0 Å². The molecular formula is C12H26O6. The van der Waals surface area contributed by atoms with Crippen LogP contribution in [0.1, 0.15) is 26.7 Å². The number of aliphatic hydroxyl groups is 1. The van der Waals surface area contributed by atoms with Crippen LogP contribution in [0.4, 0.5) is 0 Å². The minimum Gasteiger partial charge on any atom is -0.481 e. The maximum absolute atomic E-state index is 9.00. The van der Waals surface area contributed by atoms with Gasteiger partial charge in [-0.2, -0.15) is 0 Å². The first-order valence-electron chi connectivity index (χ1n) is 6.18. The Morgan fingerprint density at radius 3 is 1.72 bits per heavy atom.